The summed E-state index contributed by atoms with van der Waals surface area (Å²) in [5.74, 6) is 1.36. The van der Waals surface area contributed by atoms with Crippen molar-refractivity contribution < 1.29 is 19.0 Å². The summed E-state index contributed by atoms with van der Waals surface area (Å²) in [5, 5.41) is 3.30. The highest BCUT2D eigenvalue weighted by molar-refractivity contribution is 5.69. The first-order chi connectivity index (χ1) is 10.2. The van der Waals surface area contributed by atoms with Gasteiger partial charge in [-0.25, -0.2) is 0 Å². The van der Waals surface area contributed by atoms with Crippen molar-refractivity contribution in [1.29, 1.82) is 0 Å². The third kappa shape index (κ3) is 6.49. The number of carbonyl (C=O) groups is 1. The maximum absolute atomic E-state index is 11.2. The van der Waals surface area contributed by atoms with Crippen molar-refractivity contribution in [2.24, 2.45) is 0 Å². The zero-order chi connectivity index (χ0) is 15.5. The van der Waals surface area contributed by atoms with Crippen LogP contribution in [0.1, 0.15) is 32.3 Å². The second-order valence-corrected chi connectivity index (χ2v) is 4.50. The molecule has 21 heavy (non-hydrogen) atoms. The molecule has 1 aromatic rings. The summed E-state index contributed by atoms with van der Waals surface area (Å²) in [6.45, 7) is 6.31. The van der Waals surface area contributed by atoms with Gasteiger partial charge in [-0.3, -0.25) is 4.79 Å². The standard InChI is InChI=1S/C16H25NO4/c1-4-20-14-9-8-13(11-15(14)19-3)12-17-10-6-7-16(18)21-5-2/h8-9,11,17H,4-7,10,12H2,1-3H3. The van der Waals surface area contributed by atoms with E-state index in [0.29, 0.717) is 19.6 Å². The molecule has 0 saturated carbocycles. The van der Waals surface area contributed by atoms with E-state index in [4.69, 9.17) is 14.2 Å². The zero-order valence-electron chi connectivity index (χ0n) is 13.1. The molecular formula is C16H25NO4. The molecule has 0 heterocycles. The van der Waals surface area contributed by atoms with E-state index in [2.05, 4.69) is 5.32 Å². The molecule has 1 aromatic carbocycles. The summed E-state index contributed by atoms with van der Waals surface area (Å²) in [6, 6.07) is 5.88. The minimum absolute atomic E-state index is 0.137. The van der Waals surface area contributed by atoms with Crippen LogP contribution in [0.3, 0.4) is 0 Å². The molecule has 0 radical (unpaired) electrons. The lowest BCUT2D eigenvalue weighted by molar-refractivity contribution is -0.143. The Hall–Kier alpha value is -1.75. The number of carbonyl (C=O) groups excluding carboxylic acids is 1. The van der Waals surface area contributed by atoms with E-state index in [1.807, 2.05) is 32.0 Å². The van der Waals surface area contributed by atoms with Gasteiger partial charge in [0.1, 0.15) is 0 Å². The summed E-state index contributed by atoms with van der Waals surface area (Å²) in [5.41, 5.74) is 1.12. The first-order valence-corrected chi connectivity index (χ1v) is 7.37. The highest BCUT2D eigenvalue weighted by Crippen LogP contribution is 2.27. The number of rotatable bonds is 10. The highest BCUT2D eigenvalue weighted by Gasteiger charge is 2.05. The monoisotopic (exact) mass is 295 g/mol. The fraction of sp³-hybridized carbons (Fsp3) is 0.562. The molecule has 5 heteroatoms. The molecule has 1 N–H and O–H groups in total. The summed E-state index contributed by atoms with van der Waals surface area (Å²) >= 11 is 0. The van der Waals surface area contributed by atoms with Gasteiger partial charge in [0.25, 0.3) is 0 Å². The van der Waals surface area contributed by atoms with Crippen LogP contribution in [0.5, 0.6) is 11.5 Å². The van der Waals surface area contributed by atoms with E-state index in [0.717, 1.165) is 36.6 Å². The lowest BCUT2D eigenvalue weighted by Gasteiger charge is -2.11. The molecule has 0 unspecified atom stereocenters. The number of hydrogen-bond donors (Lipinski definition) is 1. The SMILES string of the molecule is CCOC(=O)CCCNCc1ccc(OCC)c(OC)c1. The van der Waals surface area contributed by atoms with Crippen LogP contribution >= 0.6 is 0 Å². The van der Waals surface area contributed by atoms with Crippen molar-refractivity contribution in [2.75, 3.05) is 26.9 Å². The van der Waals surface area contributed by atoms with E-state index in [1.165, 1.54) is 0 Å². The van der Waals surface area contributed by atoms with Gasteiger partial charge in [0.05, 0.1) is 20.3 Å². The second-order valence-electron chi connectivity index (χ2n) is 4.50. The molecule has 0 atom stereocenters. The Morgan fingerprint density at radius 1 is 1.19 bits per heavy atom. The Morgan fingerprint density at radius 3 is 2.67 bits per heavy atom. The number of hydrogen-bond acceptors (Lipinski definition) is 5. The summed E-state index contributed by atoms with van der Waals surface area (Å²) in [6.07, 6.45) is 1.22. The third-order valence-electron chi connectivity index (χ3n) is 2.90. The molecule has 0 aromatic heterocycles. The lowest BCUT2D eigenvalue weighted by Crippen LogP contribution is -2.16. The molecule has 0 amide bonds. The Balaban J connectivity index is 2.33. The van der Waals surface area contributed by atoms with Crippen LogP contribution in [0, 0.1) is 0 Å². The Bertz CT molecular complexity index is 434. The van der Waals surface area contributed by atoms with E-state index in [-0.39, 0.29) is 5.97 Å². The van der Waals surface area contributed by atoms with Gasteiger partial charge in [-0.1, -0.05) is 6.07 Å². The maximum atomic E-state index is 11.2. The van der Waals surface area contributed by atoms with E-state index in [9.17, 15) is 4.79 Å². The number of nitrogens with one attached hydrogen (secondary N) is 1. The van der Waals surface area contributed by atoms with Crippen molar-refractivity contribution in [3.8, 4) is 11.5 Å². The smallest absolute Gasteiger partial charge is 0.305 e. The lowest BCUT2D eigenvalue weighted by atomic mass is 10.2. The molecule has 0 saturated heterocycles. The van der Waals surface area contributed by atoms with E-state index >= 15 is 0 Å². The summed E-state index contributed by atoms with van der Waals surface area (Å²) < 4.78 is 15.7. The largest absolute Gasteiger partial charge is 0.493 e. The molecule has 0 aliphatic rings. The first kappa shape index (κ1) is 17.3. The molecule has 0 aliphatic carbocycles. The summed E-state index contributed by atoms with van der Waals surface area (Å²) in [4.78, 5) is 11.2. The Morgan fingerprint density at radius 2 is 2.00 bits per heavy atom. The van der Waals surface area contributed by atoms with Crippen molar-refractivity contribution in [3.05, 3.63) is 23.8 Å². The predicted molar refractivity (Wildman–Crippen MR) is 81.7 cm³/mol. The van der Waals surface area contributed by atoms with E-state index in [1.54, 1.807) is 7.11 Å². The molecule has 0 spiro atoms. The molecule has 0 bridgehead atoms. The van der Waals surface area contributed by atoms with Gasteiger partial charge in [-0.05, 0) is 44.5 Å². The van der Waals surface area contributed by atoms with Crippen molar-refractivity contribution in [1.82, 2.24) is 5.32 Å². The fourth-order valence-corrected chi connectivity index (χ4v) is 1.92. The predicted octanol–water partition coefficient (Wildman–Crippen LogP) is 2.53. The van der Waals surface area contributed by atoms with Gasteiger partial charge in [0.15, 0.2) is 11.5 Å². The quantitative estimate of drug-likeness (QED) is 0.531. The molecule has 0 fully saturated rings. The Kier molecular flexibility index (Phi) is 8.28. The maximum Gasteiger partial charge on any atom is 0.305 e. The van der Waals surface area contributed by atoms with Gasteiger partial charge in [0, 0.05) is 13.0 Å². The average molecular weight is 295 g/mol. The average Bonchev–Trinajstić information content (AvgIpc) is 2.48. The number of esters is 1. The van der Waals surface area contributed by atoms with Crippen molar-refractivity contribution in [3.63, 3.8) is 0 Å². The van der Waals surface area contributed by atoms with E-state index < -0.39 is 0 Å². The first-order valence-electron chi connectivity index (χ1n) is 7.37. The molecule has 5 nitrogen and oxygen atoms in total. The molecule has 0 aliphatic heterocycles. The van der Waals surface area contributed by atoms with Crippen LogP contribution in [-0.2, 0) is 16.1 Å². The molecular weight excluding hydrogens is 270 g/mol. The van der Waals surface area contributed by atoms with Crippen LogP contribution in [-0.4, -0.2) is 32.8 Å². The van der Waals surface area contributed by atoms with Gasteiger partial charge < -0.3 is 19.5 Å². The van der Waals surface area contributed by atoms with Crippen molar-refractivity contribution >= 4 is 5.97 Å². The van der Waals surface area contributed by atoms with Gasteiger partial charge >= 0.3 is 5.97 Å². The number of benzene rings is 1. The van der Waals surface area contributed by atoms with Crippen LogP contribution < -0.4 is 14.8 Å². The molecule has 1 rings (SSSR count). The molecule has 118 valence electrons. The highest BCUT2D eigenvalue weighted by atomic mass is 16.5. The van der Waals surface area contributed by atoms with Crippen LogP contribution in [0.4, 0.5) is 0 Å². The van der Waals surface area contributed by atoms with Gasteiger partial charge in [-0.15, -0.1) is 0 Å². The van der Waals surface area contributed by atoms with Crippen LogP contribution in [0.15, 0.2) is 18.2 Å². The number of methoxy groups -OCH3 is 1. The minimum atomic E-state index is -0.137. The van der Waals surface area contributed by atoms with Crippen molar-refractivity contribution in [2.45, 2.75) is 33.2 Å². The fourth-order valence-electron chi connectivity index (χ4n) is 1.92. The number of ether oxygens (including phenoxy) is 3. The summed E-state index contributed by atoms with van der Waals surface area (Å²) in [7, 11) is 1.63. The van der Waals surface area contributed by atoms with Crippen LogP contribution in [0.2, 0.25) is 0 Å². The van der Waals surface area contributed by atoms with Gasteiger partial charge in [0.2, 0.25) is 0 Å². The second kappa shape index (κ2) is 10.0. The van der Waals surface area contributed by atoms with Crippen LogP contribution in [0.25, 0.3) is 0 Å². The Labute approximate surface area is 126 Å². The van der Waals surface area contributed by atoms with Gasteiger partial charge in [-0.2, -0.15) is 0 Å². The third-order valence-corrected chi connectivity index (χ3v) is 2.90. The normalized spacial score (nSPS) is 10.2. The zero-order valence-corrected chi connectivity index (χ0v) is 13.1. The minimum Gasteiger partial charge on any atom is -0.493 e. The topological polar surface area (TPSA) is 56.8 Å².